The van der Waals surface area contributed by atoms with E-state index in [1.165, 1.54) is 0 Å². The molecule has 1 amide bonds. The second kappa shape index (κ2) is 6.27. The van der Waals surface area contributed by atoms with Crippen molar-refractivity contribution in [2.45, 2.75) is 6.18 Å². The number of rotatable bonds is 3. The molecule has 1 aliphatic heterocycles. The second-order valence-electron chi connectivity index (χ2n) is 5.22. The summed E-state index contributed by atoms with van der Waals surface area (Å²) in [5.74, 6) is -6.52. The molecule has 130 valence electrons. The first-order valence-corrected chi connectivity index (χ1v) is 6.93. The van der Waals surface area contributed by atoms with Gasteiger partial charge in [0.05, 0.1) is 27.3 Å². The molecule has 2 atom stereocenters. The number of carboxylic acids is 1. The van der Waals surface area contributed by atoms with Crippen molar-refractivity contribution >= 4 is 29.2 Å². The van der Waals surface area contributed by atoms with Crippen LogP contribution in [0.2, 0.25) is 5.02 Å². The van der Waals surface area contributed by atoms with Gasteiger partial charge in [-0.05, 0) is 6.07 Å². The number of carbonyl (C=O) groups excluding carboxylic acids is 1. The summed E-state index contributed by atoms with van der Waals surface area (Å²) >= 11 is 5.78. The van der Waals surface area contributed by atoms with Crippen molar-refractivity contribution in [3.63, 3.8) is 0 Å². The topological polar surface area (TPSA) is 101 Å². The summed E-state index contributed by atoms with van der Waals surface area (Å²) in [4.78, 5) is 33.9. The van der Waals surface area contributed by atoms with E-state index in [0.29, 0.717) is 0 Å². The maximum atomic E-state index is 12.9. The van der Waals surface area contributed by atoms with Gasteiger partial charge in [0.2, 0.25) is 0 Å². The fourth-order valence-electron chi connectivity index (χ4n) is 2.51. The zero-order chi connectivity index (χ0) is 18.2. The monoisotopic (exact) mass is 366 g/mol. The standard InChI is InChI=1S/C13H10ClF3N2O5/c14-10-3-6(19(23)24)1-2-7(10)11(20)18-4-8(12(21)22)9(5-18)13(15,16)17/h1-3,8-9H,4-5H2,(H,21,22)/t8-,9-/m1/s1. The smallest absolute Gasteiger partial charge is 0.394 e. The molecule has 1 N–H and O–H groups in total. The minimum absolute atomic E-state index is 0.228. The van der Waals surface area contributed by atoms with E-state index in [0.717, 1.165) is 23.1 Å². The van der Waals surface area contributed by atoms with E-state index in [4.69, 9.17) is 16.7 Å². The minimum atomic E-state index is -4.77. The van der Waals surface area contributed by atoms with Gasteiger partial charge in [-0.3, -0.25) is 19.7 Å². The van der Waals surface area contributed by atoms with Crippen LogP contribution in [-0.4, -0.2) is 46.1 Å². The van der Waals surface area contributed by atoms with Crippen LogP contribution < -0.4 is 0 Å². The Hall–Kier alpha value is -2.36. The average Bonchev–Trinajstić information content (AvgIpc) is 2.91. The molecular formula is C13H10ClF3N2O5. The molecule has 0 radical (unpaired) electrons. The van der Waals surface area contributed by atoms with Crippen LogP contribution in [0.25, 0.3) is 0 Å². The van der Waals surface area contributed by atoms with E-state index in [1.54, 1.807) is 0 Å². The Kier molecular flexibility index (Phi) is 4.70. The lowest BCUT2D eigenvalue weighted by Crippen LogP contribution is -2.34. The van der Waals surface area contributed by atoms with Crippen LogP contribution in [-0.2, 0) is 4.79 Å². The van der Waals surface area contributed by atoms with Gasteiger partial charge in [0, 0.05) is 25.2 Å². The summed E-state index contributed by atoms with van der Waals surface area (Å²) in [5, 5.41) is 19.3. The number of amides is 1. The van der Waals surface area contributed by atoms with Gasteiger partial charge in [-0.25, -0.2) is 0 Å². The number of non-ortho nitro benzene ring substituents is 1. The predicted octanol–water partition coefficient (Wildman–Crippen LogP) is 2.58. The number of carboxylic acid groups (broad SMARTS) is 1. The summed E-state index contributed by atoms with van der Waals surface area (Å²) in [5.41, 5.74) is -0.608. The van der Waals surface area contributed by atoms with Crippen LogP contribution in [0.4, 0.5) is 18.9 Å². The van der Waals surface area contributed by atoms with Gasteiger partial charge in [0.25, 0.3) is 11.6 Å². The number of alkyl halides is 3. The van der Waals surface area contributed by atoms with Crippen molar-refractivity contribution in [1.29, 1.82) is 0 Å². The van der Waals surface area contributed by atoms with Crippen LogP contribution in [0, 0.1) is 22.0 Å². The van der Waals surface area contributed by atoms with Crippen molar-refractivity contribution in [2.24, 2.45) is 11.8 Å². The average molecular weight is 367 g/mol. The first-order valence-electron chi connectivity index (χ1n) is 6.55. The molecule has 1 aromatic rings. The molecule has 1 aromatic carbocycles. The highest BCUT2D eigenvalue weighted by molar-refractivity contribution is 6.34. The quantitative estimate of drug-likeness (QED) is 0.654. The third-order valence-electron chi connectivity index (χ3n) is 3.74. The Bertz CT molecular complexity index is 709. The Morgan fingerprint density at radius 3 is 2.38 bits per heavy atom. The molecule has 0 aliphatic carbocycles. The first kappa shape index (κ1) is 18.0. The summed E-state index contributed by atoms with van der Waals surface area (Å²) in [7, 11) is 0. The zero-order valence-corrected chi connectivity index (χ0v) is 12.5. The number of aliphatic carboxylic acids is 1. The van der Waals surface area contributed by atoms with Crippen molar-refractivity contribution in [3.05, 3.63) is 38.9 Å². The van der Waals surface area contributed by atoms with E-state index < -0.39 is 47.9 Å². The number of nitro benzene ring substituents is 1. The number of halogens is 4. The molecule has 1 aliphatic rings. The lowest BCUT2D eigenvalue weighted by atomic mass is 9.96. The molecule has 1 heterocycles. The zero-order valence-electron chi connectivity index (χ0n) is 11.8. The predicted molar refractivity (Wildman–Crippen MR) is 74.7 cm³/mol. The molecule has 0 unspecified atom stereocenters. The second-order valence-corrected chi connectivity index (χ2v) is 5.63. The van der Waals surface area contributed by atoms with Crippen LogP contribution in [0.15, 0.2) is 18.2 Å². The number of hydrogen-bond donors (Lipinski definition) is 1. The van der Waals surface area contributed by atoms with Crippen molar-refractivity contribution in [2.75, 3.05) is 13.1 Å². The molecule has 0 spiro atoms. The van der Waals surface area contributed by atoms with E-state index in [1.807, 2.05) is 0 Å². The molecule has 7 nitrogen and oxygen atoms in total. The van der Waals surface area contributed by atoms with Crippen LogP contribution >= 0.6 is 11.6 Å². The minimum Gasteiger partial charge on any atom is -0.481 e. The van der Waals surface area contributed by atoms with Crippen molar-refractivity contribution in [3.8, 4) is 0 Å². The van der Waals surface area contributed by atoms with Crippen LogP contribution in [0.5, 0.6) is 0 Å². The maximum Gasteiger partial charge on any atom is 0.394 e. The molecule has 24 heavy (non-hydrogen) atoms. The van der Waals surface area contributed by atoms with Gasteiger partial charge in [-0.1, -0.05) is 11.6 Å². The lowest BCUT2D eigenvalue weighted by molar-refractivity contribution is -0.384. The van der Waals surface area contributed by atoms with E-state index in [9.17, 15) is 32.9 Å². The highest BCUT2D eigenvalue weighted by Gasteiger charge is 2.53. The number of likely N-dealkylation sites (tertiary alicyclic amines) is 1. The summed E-state index contributed by atoms with van der Waals surface area (Å²) in [6, 6.07) is 2.92. The molecular weight excluding hydrogens is 357 g/mol. The van der Waals surface area contributed by atoms with E-state index in [2.05, 4.69) is 0 Å². The van der Waals surface area contributed by atoms with Crippen molar-refractivity contribution in [1.82, 2.24) is 4.90 Å². The van der Waals surface area contributed by atoms with E-state index >= 15 is 0 Å². The number of benzene rings is 1. The van der Waals surface area contributed by atoms with E-state index in [-0.39, 0.29) is 16.3 Å². The van der Waals surface area contributed by atoms with Gasteiger partial charge < -0.3 is 10.0 Å². The Labute approximate surface area is 137 Å². The molecule has 1 saturated heterocycles. The molecule has 2 rings (SSSR count). The van der Waals surface area contributed by atoms with Gasteiger partial charge >= 0.3 is 12.1 Å². The number of carbonyl (C=O) groups is 2. The lowest BCUT2D eigenvalue weighted by Gasteiger charge is -2.18. The summed E-state index contributed by atoms with van der Waals surface area (Å²) < 4.78 is 38.8. The van der Waals surface area contributed by atoms with Crippen molar-refractivity contribution < 1.29 is 32.8 Å². The third-order valence-corrected chi connectivity index (χ3v) is 4.05. The fourth-order valence-corrected chi connectivity index (χ4v) is 2.77. The van der Waals surface area contributed by atoms with Gasteiger partial charge in [0.15, 0.2) is 0 Å². The highest BCUT2D eigenvalue weighted by atomic mass is 35.5. The Morgan fingerprint density at radius 1 is 1.33 bits per heavy atom. The Balaban J connectivity index is 2.28. The maximum absolute atomic E-state index is 12.9. The summed E-state index contributed by atoms with van der Waals surface area (Å²) in [6.07, 6.45) is -4.77. The fraction of sp³-hybridized carbons (Fsp3) is 0.385. The molecule has 1 fully saturated rings. The number of nitrogens with zero attached hydrogens (tertiary/aromatic N) is 2. The summed E-state index contributed by atoms with van der Waals surface area (Å²) in [6.45, 7) is -1.43. The number of nitro groups is 1. The van der Waals surface area contributed by atoms with Gasteiger partial charge in [0.1, 0.15) is 0 Å². The van der Waals surface area contributed by atoms with Gasteiger partial charge in [-0.2, -0.15) is 13.2 Å². The molecule has 0 aromatic heterocycles. The largest absolute Gasteiger partial charge is 0.481 e. The first-order chi connectivity index (χ1) is 11.0. The SMILES string of the molecule is O=C(O)[C@@H]1CN(C(=O)c2ccc([N+](=O)[O-])cc2Cl)C[C@H]1C(F)(F)F. The molecule has 0 bridgehead atoms. The number of hydrogen-bond acceptors (Lipinski definition) is 4. The van der Waals surface area contributed by atoms with Crippen LogP contribution in [0.1, 0.15) is 10.4 Å². The Morgan fingerprint density at radius 2 is 1.96 bits per heavy atom. The van der Waals surface area contributed by atoms with Gasteiger partial charge in [-0.15, -0.1) is 0 Å². The highest BCUT2D eigenvalue weighted by Crippen LogP contribution is 2.38. The third kappa shape index (κ3) is 3.42. The van der Waals surface area contributed by atoms with Crippen LogP contribution in [0.3, 0.4) is 0 Å². The molecule has 11 heteroatoms. The normalized spacial score (nSPS) is 20.9. The molecule has 0 saturated carbocycles.